The lowest BCUT2D eigenvalue weighted by Crippen LogP contribution is -2.11. The Morgan fingerprint density at radius 3 is 1.07 bits per heavy atom. The molecule has 0 aliphatic heterocycles. The molecule has 0 N–H and O–H groups in total. The van der Waals surface area contributed by atoms with Gasteiger partial charge in [0.05, 0.1) is 55.7 Å². The average molecular weight is 935 g/mol. The first-order valence-electron chi connectivity index (χ1n) is 20.3. The number of fused-ring (bicyclic) bond motifs is 6. The summed E-state index contributed by atoms with van der Waals surface area (Å²) in [5, 5.41) is 13.2. The third kappa shape index (κ3) is 7.53. The van der Waals surface area contributed by atoms with Gasteiger partial charge in [0.2, 0.25) is 0 Å². The number of nitrogens with zero attached hydrogens (tertiary/aromatic N) is 4. The van der Waals surface area contributed by atoms with E-state index in [2.05, 4.69) is 11.1 Å². The van der Waals surface area contributed by atoms with E-state index in [4.69, 9.17) is 0 Å². The van der Waals surface area contributed by atoms with Crippen LogP contribution in [0, 0.1) is 11.3 Å². The molecule has 3 heterocycles. The Labute approximate surface area is 376 Å². The lowest BCUT2D eigenvalue weighted by Gasteiger charge is -2.18. The van der Waals surface area contributed by atoms with E-state index in [9.17, 15) is 57.9 Å². The second kappa shape index (κ2) is 15.5. The van der Waals surface area contributed by atoms with Gasteiger partial charge in [-0.3, -0.25) is 4.98 Å². The number of hydrogen-bond acceptors (Lipinski definition) is 2. The summed E-state index contributed by atoms with van der Waals surface area (Å²) >= 11 is 0. The van der Waals surface area contributed by atoms with Gasteiger partial charge in [-0.2, -0.15) is 57.9 Å². The Morgan fingerprint density at radius 2 is 0.706 bits per heavy atom. The first kappa shape index (κ1) is 43.8. The molecule has 0 aliphatic rings. The average Bonchev–Trinajstić information content (AvgIpc) is 3.82. The summed E-state index contributed by atoms with van der Waals surface area (Å²) in [5.74, 6) is 0. The Balaban J connectivity index is 1.24. The largest absolute Gasteiger partial charge is 0.416 e. The molecule has 16 heteroatoms. The highest BCUT2D eigenvalue weighted by Gasteiger charge is 2.38. The van der Waals surface area contributed by atoms with Crippen LogP contribution in [0.5, 0.6) is 0 Å². The van der Waals surface area contributed by atoms with Crippen LogP contribution in [-0.4, -0.2) is 14.1 Å². The van der Waals surface area contributed by atoms with Crippen molar-refractivity contribution in [1.82, 2.24) is 14.1 Å². The molecule has 4 nitrogen and oxygen atoms in total. The molecule has 10 aromatic rings. The van der Waals surface area contributed by atoms with E-state index >= 15 is 0 Å². The Hall–Kier alpha value is -8.06. The summed E-state index contributed by atoms with van der Waals surface area (Å²) in [6.45, 7) is 0. The summed E-state index contributed by atoms with van der Waals surface area (Å²) < 4.78 is 171. The Kier molecular flexibility index (Phi) is 9.99. The van der Waals surface area contributed by atoms with Gasteiger partial charge in [-0.25, -0.2) is 0 Å². The highest BCUT2D eigenvalue weighted by molar-refractivity contribution is 6.12. The highest BCUT2D eigenvalue weighted by Crippen LogP contribution is 2.45. The molecule has 0 radical (unpaired) electrons. The second-order valence-electron chi connectivity index (χ2n) is 16.0. The molecule has 10 rings (SSSR count). The fraction of sp³-hybridized carbons (Fsp3) is 0.0769. The van der Waals surface area contributed by atoms with Crippen molar-refractivity contribution in [3.63, 3.8) is 0 Å². The van der Waals surface area contributed by atoms with Crippen molar-refractivity contribution in [2.75, 3.05) is 0 Å². The minimum absolute atomic E-state index is 0.0597. The minimum Gasteiger partial charge on any atom is -0.308 e. The lowest BCUT2D eigenvalue weighted by molar-refractivity contribution is -0.144. The summed E-state index contributed by atoms with van der Waals surface area (Å²) in [7, 11) is 0. The van der Waals surface area contributed by atoms with E-state index in [1.165, 1.54) is 24.3 Å². The number of para-hydroxylation sites is 2. The van der Waals surface area contributed by atoms with Gasteiger partial charge >= 0.3 is 24.7 Å². The van der Waals surface area contributed by atoms with Crippen LogP contribution in [0.2, 0.25) is 0 Å². The molecule has 338 valence electrons. The first-order chi connectivity index (χ1) is 32.2. The summed E-state index contributed by atoms with van der Waals surface area (Å²) in [4.78, 5) is 4.14. The van der Waals surface area contributed by atoms with Gasteiger partial charge in [0.1, 0.15) is 11.6 Å². The molecule has 0 fully saturated rings. The number of rotatable bonds is 5. The number of pyridine rings is 1. The number of benzene rings is 7. The molecule has 0 bridgehead atoms. The van der Waals surface area contributed by atoms with Crippen LogP contribution >= 0.6 is 0 Å². The number of halogens is 12. The maximum Gasteiger partial charge on any atom is 0.416 e. The Morgan fingerprint density at radius 1 is 0.353 bits per heavy atom. The second-order valence-corrected chi connectivity index (χ2v) is 16.0. The van der Waals surface area contributed by atoms with Gasteiger partial charge in [-0.05, 0) is 130 Å². The SMILES string of the molecule is N#Cc1c(-n2c3ccccc3c3cc(-c4cc(C(F)(F)F)cc(C(F)(F)F)c4)ccc32)cc(-c2ccncc2)cc1-n1c2ccccc2c2cc(-c3cc(C(F)(F)F)cc(C(F)(F)F)c3)ccc21. The molecule has 0 saturated heterocycles. The van der Waals surface area contributed by atoms with E-state index in [-0.39, 0.29) is 39.9 Å². The topological polar surface area (TPSA) is 46.5 Å². The van der Waals surface area contributed by atoms with Crippen LogP contribution in [0.15, 0.2) is 158 Å². The molecule has 0 atom stereocenters. The van der Waals surface area contributed by atoms with Gasteiger partial charge in [0, 0.05) is 33.9 Å². The standard InChI is InChI=1S/C52H26F12N4/c53-49(54,55)34-17-31(18-35(25-34)50(56,57)58)29-9-11-45-40(21-29)38-5-1-3-7-43(38)67(45)47-23-33(28-13-15-66-16-14-28)24-48(42(47)27-65)68-44-8-4-2-6-39(44)41-22-30(10-12-46(41)68)32-19-36(51(59,60)61)26-37(20-32)52(62,63)64/h1-26H. The Bertz CT molecular complexity index is 3420. The predicted octanol–water partition coefficient (Wildman–Crippen LogP) is 16.2. The normalized spacial score (nSPS) is 12.7. The number of nitriles is 1. The smallest absolute Gasteiger partial charge is 0.308 e. The van der Waals surface area contributed by atoms with Gasteiger partial charge < -0.3 is 9.13 Å². The molecule has 3 aromatic heterocycles. The fourth-order valence-corrected chi connectivity index (χ4v) is 8.86. The number of alkyl halides is 12. The van der Waals surface area contributed by atoms with E-state index in [1.54, 1.807) is 106 Å². The van der Waals surface area contributed by atoms with Crippen molar-refractivity contribution in [2.24, 2.45) is 0 Å². The van der Waals surface area contributed by atoms with Crippen LogP contribution in [0.4, 0.5) is 52.7 Å². The molecular weight excluding hydrogens is 909 g/mol. The van der Waals surface area contributed by atoms with Gasteiger partial charge in [0.15, 0.2) is 0 Å². The lowest BCUT2D eigenvalue weighted by atomic mass is 9.97. The van der Waals surface area contributed by atoms with Crippen LogP contribution in [0.3, 0.4) is 0 Å². The molecule has 0 saturated carbocycles. The fourth-order valence-electron chi connectivity index (χ4n) is 8.86. The minimum atomic E-state index is -5.08. The first-order valence-corrected chi connectivity index (χ1v) is 20.3. The van der Waals surface area contributed by atoms with E-state index < -0.39 is 47.0 Å². The third-order valence-corrected chi connectivity index (χ3v) is 11.9. The van der Waals surface area contributed by atoms with Crippen LogP contribution in [0.25, 0.3) is 88.4 Å². The summed E-state index contributed by atoms with van der Waals surface area (Å²) in [6, 6.07) is 34.8. The maximum absolute atomic E-state index is 14.0. The maximum atomic E-state index is 14.0. The van der Waals surface area contributed by atoms with Gasteiger partial charge in [-0.1, -0.05) is 48.5 Å². The monoisotopic (exact) mass is 934 g/mol. The van der Waals surface area contributed by atoms with Crippen molar-refractivity contribution in [3.8, 4) is 50.8 Å². The van der Waals surface area contributed by atoms with Crippen molar-refractivity contribution in [3.05, 3.63) is 186 Å². The van der Waals surface area contributed by atoms with E-state index in [0.717, 1.165) is 0 Å². The number of hydrogen-bond donors (Lipinski definition) is 0. The summed E-state index contributed by atoms with van der Waals surface area (Å²) in [6.07, 6.45) is -17.2. The zero-order valence-electron chi connectivity index (χ0n) is 34.3. The zero-order valence-corrected chi connectivity index (χ0v) is 34.3. The van der Waals surface area contributed by atoms with Gasteiger partial charge in [-0.15, -0.1) is 0 Å². The van der Waals surface area contributed by atoms with Crippen LogP contribution < -0.4 is 0 Å². The van der Waals surface area contributed by atoms with Crippen molar-refractivity contribution >= 4 is 43.6 Å². The van der Waals surface area contributed by atoms with E-state index in [0.29, 0.717) is 90.4 Å². The molecule has 0 spiro atoms. The quantitative estimate of drug-likeness (QED) is 0.161. The third-order valence-electron chi connectivity index (χ3n) is 11.9. The van der Waals surface area contributed by atoms with Gasteiger partial charge in [0.25, 0.3) is 0 Å². The molecule has 68 heavy (non-hydrogen) atoms. The highest BCUT2D eigenvalue weighted by atomic mass is 19.4. The molecule has 7 aromatic carbocycles. The molecule has 0 amide bonds. The number of aromatic nitrogens is 3. The van der Waals surface area contributed by atoms with Crippen LogP contribution in [-0.2, 0) is 24.7 Å². The predicted molar refractivity (Wildman–Crippen MR) is 234 cm³/mol. The molecule has 0 unspecified atom stereocenters. The van der Waals surface area contributed by atoms with Crippen LogP contribution in [0.1, 0.15) is 27.8 Å². The summed E-state index contributed by atoms with van der Waals surface area (Å²) in [5.41, 5.74) is -2.51. The molecular formula is C52H26F12N4. The van der Waals surface area contributed by atoms with Crippen molar-refractivity contribution < 1.29 is 52.7 Å². The van der Waals surface area contributed by atoms with Crippen molar-refractivity contribution in [2.45, 2.75) is 24.7 Å². The zero-order chi connectivity index (χ0) is 48.1. The molecule has 0 aliphatic carbocycles. The van der Waals surface area contributed by atoms with E-state index in [1.807, 2.05) is 0 Å². The van der Waals surface area contributed by atoms with Crippen molar-refractivity contribution in [1.29, 1.82) is 5.26 Å².